The first-order chi connectivity index (χ1) is 7.57. The molecular formula is C14H23NO2. The van der Waals surface area contributed by atoms with Gasteiger partial charge in [-0.2, -0.15) is 0 Å². The maximum absolute atomic E-state index is 10.1. The Hall–Kier alpha value is -1.22. The van der Waals surface area contributed by atoms with Gasteiger partial charge in [0, 0.05) is 16.7 Å². The zero-order valence-corrected chi connectivity index (χ0v) is 11.6. The van der Waals surface area contributed by atoms with E-state index in [-0.39, 0.29) is 11.2 Å². The van der Waals surface area contributed by atoms with Gasteiger partial charge in [-0.25, -0.2) is 0 Å². The maximum atomic E-state index is 10.1. The monoisotopic (exact) mass is 237 g/mol. The fraction of sp³-hybridized carbons (Fsp3) is 0.571. The molecular weight excluding hydrogens is 214 g/mol. The molecule has 0 saturated carbocycles. The number of ether oxygens (including phenoxy) is 1. The second kappa shape index (κ2) is 4.22. The van der Waals surface area contributed by atoms with Gasteiger partial charge in [0.15, 0.2) is 0 Å². The summed E-state index contributed by atoms with van der Waals surface area (Å²) in [4.78, 5) is 0. The van der Waals surface area contributed by atoms with Crippen LogP contribution in [0.4, 0.5) is 0 Å². The van der Waals surface area contributed by atoms with Crippen molar-refractivity contribution in [1.82, 2.24) is 0 Å². The highest BCUT2D eigenvalue weighted by atomic mass is 16.5. The number of methoxy groups -OCH3 is 1. The Morgan fingerprint density at radius 2 is 1.59 bits per heavy atom. The van der Waals surface area contributed by atoms with Crippen LogP contribution in [0.2, 0.25) is 0 Å². The molecule has 3 N–H and O–H groups in total. The largest absolute Gasteiger partial charge is 0.508 e. The van der Waals surface area contributed by atoms with Crippen LogP contribution in [-0.4, -0.2) is 12.2 Å². The average Bonchev–Trinajstić information content (AvgIpc) is 2.14. The van der Waals surface area contributed by atoms with Crippen molar-refractivity contribution in [3.8, 4) is 11.5 Å². The summed E-state index contributed by atoms with van der Waals surface area (Å²) in [6, 6.07) is 3.58. The summed E-state index contributed by atoms with van der Waals surface area (Å²) < 4.78 is 5.37. The first-order valence-corrected chi connectivity index (χ1v) is 5.78. The molecule has 0 aliphatic heterocycles. The van der Waals surface area contributed by atoms with Crippen molar-refractivity contribution in [2.45, 2.75) is 45.6 Å². The van der Waals surface area contributed by atoms with Crippen molar-refractivity contribution in [1.29, 1.82) is 0 Å². The quantitative estimate of drug-likeness (QED) is 0.831. The summed E-state index contributed by atoms with van der Waals surface area (Å²) in [6.45, 7) is 9.93. The zero-order chi connectivity index (χ0) is 13.4. The third-order valence-corrected chi connectivity index (χ3v) is 2.82. The molecule has 96 valence electrons. The molecule has 1 rings (SSSR count). The minimum atomic E-state index is -0.542. The highest BCUT2D eigenvalue weighted by molar-refractivity contribution is 5.50. The highest BCUT2D eigenvalue weighted by Crippen LogP contribution is 2.38. The Morgan fingerprint density at radius 3 is 1.94 bits per heavy atom. The smallest absolute Gasteiger partial charge is 0.124 e. The topological polar surface area (TPSA) is 55.5 Å². The van der Waals surface area contributed by atoms with Gasteiger partial charge in [0.2, 0.25) is 0 Å². The Bertz CT molecular complexity index is 411. The number of benzene rings is 1. The summed E-state index contributed by atoms with van der Waals surface area (Å²) in [7, 11) is 1.62. The molecule has 3 heteroatoms. The minimum absolute atomic E-state index is 0.130. The van der Waals surface area contributed by atoms with E-state index < -0.39 is 5.54 Å². The summed E-state index contributed by atoms with van der Waals surface area (Å²) in [5.41, 5.74) is 7.07. The van der Waals surface area contributed by atoms with Gasteiger partial charge in [-0.05, 0) is 31.4 Å². The first kappa shape index (κ1) is 13.8. The van der Waals surface area contributed by atoms with E-state index >= 15 is 0 Å². The van der Waals surface area contributed by atoms with Crippen molar-refractivity contribution >= 4 is 0 Å². The molecule has 0 heterocycles. The van der Waals surface area contributed by atoms with E-state index in [1.807, 2.05) is 19.9 Å². The molecule has 0 unspecified atom stereocenters. The van der Waals surface area contributed by atoms with Gasteiger partial charge in [-0.3, -0.25) is 0 Å². The lowest BCUT2D eigenvalue weighted by atomic mass is 9.83. The van der Waals surface area contributed by atoms with Crippen LogP contribution in [0.5, 0.6) is 11.5 Å². The lowest BCUT2D eigenvalue weighted by molar-refractivity contribution is 0.385. The van der Waals surface area contributed by atoms with E-state index in [4.69, 9.17) is 10.5 Å². The molecule has 0 radical (unpaired) electrons. The van der Waals surface area contributed by atoms with Gasteiger partial charge >= 0.3 is 0 Å². The normalized spacial score (nSPS) is 12.6. The number of phenols is 1. The number of hydrogen-bond acceptors (Lipinski definition) is 3. The van der Waals surface area contributed by atoms with E-state index in [0.29, 0.717) is 0 Å². The second-order valence-corrected chi connectivity index (χ2v) is 6.04. The summed E-state index contributed by atoms with van der Waals surface area (Å²) in [5, 5.41) is 10.1. The fourth-order valence-corrected chi connectivity index (χ4v) is 1.84. The van der Waals surface area contributed by atoms with Crippen LogP contribution < -0.4 is 10.5 Å². The molecule has 0 fully saturated rings. The second-order valence-electron chi connectivity index (χ2n) is 6.04. The number of nitrogens with two attached hydrogens (primary N) is 1. The molecule has 0 spiro atoms. The van der Waals surface area contributed by atoms with Crippen LogP contribution >= 0.6 is 0 Å². The van der Waals surface area contributed by atoms with Gasteiger partial charge in [0.05, 0.1) is 7.11 Å². The number of hydrogen-bond donors (Lipinski definition) is 2. The molecule has 0 aliphatic rings. The summed E-state index contributed by atoms with van der Waals surface area (Å²) in [6.07, 6.45) is 0. The van der Waals surface area contributed by atoms with Crippen LogP contribution in [0.15, 0.2) is 12.1 Å². The lowest BCUT2D eigenvalue weighted by Gasteiger charge is -2.27. The van der Waals surface area contributed by atoms with E-state index in [2.05, 4.69) is 20.8 Å². The third-order valence-electron chi connectivity index (χ3n) is 2.82. The van der Waals surface area contributed by atoms with Crippen LogP contribution in [-0.2, 0) is 11.0 Å². The van der Waals surface area contributed by atoms with Crippen LogP contribution in [0.3, 0.4) is 0 Å². The molecule has 3 nitrogen and oxygen atoms in total. The maximum Gasteiger partial charge on any atom is 0.124 e. The molecule has 17 heavy (non-hydrogen) atoms. The molecule has 0 aromatic heterocycles. The first-order valence-electron chi connectivity index (χ1n) is 5.78. The van der Waals surface area contributed by atoms with E-state index in [1.54, 1.807) is 13.2 Å². The Morgan fingerprint density at radius 1 is 1.06 bits per heavy atom. The molecule has 0 aliphatic carbocycles. The number of rotatable bonds is 2. The third kappa shape index (κ3) is 2.91. The van der Waals surface area contributed by atoms with Crippen LogP contribution in [0.25, 0.3) is 0 Å². The van der Waals surface area contributed by atoms with Crippen molar-refractivity contribution in [2.24, 2.45) is 5.73 Å². The van der Waals surface area contributed by atoms with Gasteiger partial charge in [0.25, 0.3) is 0 Å². The SMILES string of the molecule is COc1cc(C(C)(C)C)c(O)cc1C(C)(C)N. The molecule has 0 saturated heterocycles. The van der Waals surface area contributed by atoms with E-state index in [9.17, 15) is 5.11 Å². The molecule has 1 aromatic rings. The van der Waals surface area contributed by atoms with E-state index in [0.717, 1.165) is 16.9 Å². The summed E-state index contributed by atoms with van der Waals surface area (Å²) >= 11 is 0. The molecule has 0 atom stereocenters. The van der Waals surface area contributed by atoms with Gasteiger partial charge < -0.3 is 15.6 Å². The number of aromatic hydroxyl groups is 1. The predicted molar refractivity (Wildman–Crippen MR) is 70.6 cm³/mol. The van der Waals surface area contributed by atoms with Crippen LogP contribution in [0, 0.1) is 0 Å². The highest BCUT2D eigenvalue weighted by Gasteiger charge is 2.25. The van der Waals surface area contributed by atoms with Crippen molar-refractivity contribution in [3.05, 3.63) is 23.3 Å². The van der Waals surface area contributed by atoms with Gasteiger partial charge in [-0.1, -0.05) is 20.8 Å². The predicted octanol–water partition coefficient (Wildman–Crippen LogP) is 2.89. The van der Waals surface area contributed by atoms with Crippen molar-refractivity contribution < 1.29 is 9.84 Å². The van der Waals surface area contributed by atoms with Crippen LogP contribution in [0.1, 0.15) is 45.7 Å². The Kier molecular flexibility index (Phi) is 3.44. The standard InChI is InChI=1S/C14H23NO2/c1-13(2,3)9-8-12(17-6)10(7-11(9)16)14(4,5)15/h7-8,16H,15H2,1-6H3. The average molecular weight is 237 g/mol. The zero-order valence-electron chi connectivity index (χ0n) is 11.6. The molecule has 0 amide bonds. The minimum Gasteiger partial charge on any atom is -0.508 e. The van der Waals surface area contributed by atoms with Gasteiger partial charge in [0.1, 0.15) is 11.5 Å². The van der Waals surface area contributed by atoms with E-state index in [1.165, 1.54) is 0 Å². The lowest BCUT2D eigenvalue weighted by Crippen LogP contribution is -2.29. The van der Waals surface area contributed by atoms with Crippen molar-refractivity contribution in [2.75, 3.05) is 7.11 Å². The number of phenolic OH excluding ortho intramolecular Hbond substituents is 1. The molecule has 1 aromatic carbocycles. The Balaban J connectivity index is 3.46. The summed E-state index contributed by atoms with van der Waals surface area (Å²) in [5.74, 6) is 0.993. The Labute approximate surface area is 104 Å². The van der Waals surface area contributed by atoms with Crippen molar-refractivity contribution in [3.63, 3.8) is 0 Å². The van der Waals surface area contributed by atoms with Gasteiger partial charge in [-0.15, -0.1) is 0 Å². The fourth-order valence-electron chi connectivity index (χ4n) is 1.84. The molecule has 0 bridgehead atoms.